The number of nitrogens with zero attached hydrogens (tertiary/aromatic N) is 3. The van der Waals surface area contributed by atoms with Crippen molar-refractivity contribution < 1.29 is 9.59 Å². The van der Waals surface area contributed by atoms with Crippen molar-refractivity contribution in [3.8, 4) is 0 Å². The SMILES string of the molecule is Cc1cnc(CN2CCC(=O)NC2=O)cn1. The van der Waals surface area contributed by atoms with Gasteiger partial charge in [-0.25, -0.2) is 4.79 Å². The van der Waals surface area contributed by atoms with Crippen LogP contribution in [0, 0.1) is 6.92 Å². The molecule has 0 aromatic carbocycles. The minimum Gasteiger partial charge on any atom is -0.318 e. The Morgan fingerprint density at radius 1 is 1.38 bits per heavy atom. The van der Waals surface area contributed by atoms with E-state index in [0.717, 1.165) is 11.4 Å². The summed E-state index contributed by atoms with van der Waals surface area (Å²) in [5.41, 5.74) is 1.55. The highest BCUT2D eigenvalue weighted by Gasteiger charge is 2.22. The first kappa shape index (κ1) is 10.5. The summed E-state index contributed by atoms with van der Waals surface area (Å²) < 4.78 is 0. The first-order chi connectivity index (χ1) is 7.65. The molecule has 16 heavy (non-hydrogen) atoms. The maximum atomic E-state index is 11.4. The van der Waals surface area contributed by atoms with E-state index in [1.807, 2.05) is 6.92 Å². The fraction of sp³-hybridized carbons (Fsp3) is 0.400. The van der Waals surface area contributed by atoms with Gasteiger partial charge in [-0.2, -0.15) is 0 Å². The van der Waals surface area contributed by atoms with E-state index >= 15 is 0 Å². The molecule has 1 aliphatic rings. The number of aromatic nitrogens is 2. The predicted octanol–water partition coefficient (Wildman–Crippen LogP) is 0.227. The summed E-state index contributed by atoms with van der Waals surface area (Å²) in [6.45, 7) is 2.66. The average molecular weight is 220 g/mol. The fourth-order valence-electron chi connectivity index (χ4n) is 1.45. The van der Waals surface area contributed by atoms with Gasteiger partial charge >= 0.3 is 6.03 Å². The first-order valence-electron chi connectivity index (χ1n) is 5.01. The first-order valence-corrected chi connectivity index (χ1v) is 5.01. The Labute approximate surface area is 92.7 Å². The summed E-state index contributed by atoms with van der Waals surface area (Å²) in [5.74, 6) is -0.226. The summed E-state index contributed by atoms with van der Waals surface area (Å²) >= 11 is 0. The molecule has 6 heteroatoms. The molecule has 0 radical (unpaired) electrons. The van der Waals surface area contributed by atoms with Crippen LogP contribution < -0.4 is 5.32 Å². The lowest BCUT2D eigenvalue weighted by Gasteiger charge is -2.25. The molecule has 84 valence electrons. The van der Waals surface area contributed by atoms with E-state index in [4.69, 9.17) is 0 Å². The number of urea groups is 1. The third-order valence-electron chi connectivity index (χ3n) is 2.33. The molecule has 0 atom stereocenters. The molecule has 3 amide bonds. The van der Waals surface area contributed by atoms with Gasteiger partial charge in [0.1, 0.15) is 0 Å². The van der Waals surface area contributed by atoms with Gasteiger partial charge < -0.3 is 4.90 Å². The zero-order valence-corrected chi connectivity index (χ0v) is 8.93. The normalized spacial score (nSPS) is 16.2. The number of imide groups is 1. The number of amides is 3. The molecule has 1 aromatic rings. The van der Waals surface area contributed by atoms with Crippen molar-refractivity contribution in [1.82, 2.24) is 20.2 Å². The van der Waals surface area contributed by atoms with E-state index in [1.54, 1.807) is 17.3 Å². The van der Waals surface area contributed by atoms with Crippen molar-refractivity contribution in [3.63, 3.8) is 0 Å². The summed E-state index contributed by atoms with van der Waals surface area (Å²) in [6.07, 6.45) is 3.63. The van der Waals surface area contributed by atoms with E-state index in [1.165, 1.54) is 0 Å². The molecule has 1 aromatic heterocycles. The number of hydrogen-bond acceptors (Lipinski definition) is 4. The van der Waals surface area contributed by atoms with Gasteiger partial charge in [0.2, 0.25) is 5.91 Å². The Balaban J connectivity index is 2.02. The highest BCUT2D eigenvalue weighted by Crippen LogP contribution is 2.05. The third-order valence-corrected chi connectivity index (χ3v) is 2.33. The second-order valence-corrected chi connectivity index (χ2v) is 3.67. The topological polar surface area (TPSA) is 75.2 Å². The van der Waals surface area contributed by atoms with Crippen LogP contribution in [0.15, 0.2) is 12.4 Å². The van der Waals surface area contributed by atoms with Crippen LogP contribution in [0.4, 0.5) is 4.79 Å². The number of hydrogen-bond donors (Lipinski definition) is 1. The van der Waals surface area contributed by atoms with E-state index in [2.05, 4.69) is 15.3 Å². The van der Waals surface area contributed by atoms with Gasteiger partial charge in [0.05, 0.1) is 24.1 Å². The average Bonchev–Trinajstić information content (AvgIpc) is 2.25. The maximum absolute atomic E-state index is 11.4. The lowest BCUT2D eigenvalue weighted by Crippen LogP contribution is -2.48. The Morgan fingerprint density at radius 3 is 2.81 bits per heavy atom. The molecular weight excluding hydrogens is 208 g/mol. The summed E-state index contributed by atoms with van der Waals surface area (Å²) in [6, 6.07) is -0.362. The predicted molar refractivity (Wildman–Crippen MR) is 55.3 cm³/mol. The van der Waals surface area contributed by atoms with Crippen molar-refractivity contribution in [3.05, 3.63) is 23.8 Å². The zero-order chi connectivity index (χ0) is 11.5. The van der Waals surface area contributed by atoms with E-state index in [-0.39, 0.29) is 11.9 Å². The Hall–Kier alpha value is -1.98. The van der Waals surface area contributed by atoms with Gasteiger partial charge in [0.15, 0.2) is 0 Å². The van der Waals surface area contributed by atoms with Crippen molar-refractivity contribution in [2.75, 3.05) is 6.54 Å². The molecule has 1 aliphatic heterocycles. The lowest BCUT2D eigenvalue weighted by molar-refractivity contribution is -0.121. The zero-order valence-electron chi connectivity index (χ0n) is 8.93. The van der Waals surface area contributed by atoms with Crippen molar-refractivity contribution in [1.29, 1.82) is 0 Å². The second-order valence-electron chi connectivity index (χ2n) is 3.67. The van der Waals surface area contributed by atoms with Crippen LogP contribution in [0.5, 0.6) is 0 Å². The van der Waals surface area contributed by atoms with Gasteiger partial charge in [-0.15, -0.1) is 0 Å². The summed E-state index contributed by atoms with van der Waals surface area (Å²) in [5, 5.41) is 2.26. The van der Waals surface area contributed by atoms with Crippen molar-refractivity contribution in [2.24, 2.45) is 0 Å². The smallest absolute Gasteiger partial charge is 0.318 e. The molecule has 6 nitrogen and oxygen atoms in total. The number of aryl methyl sites for hydroxylation is 1. The maximum Gasteiger partial charge on any atom is 0.324 e. The van der Waals surface area contributed by atoms with E-state index in [9.17, 15) is 9.59 Å². The number of nitrogens with one attached hydrogen (secondary N) is 1. The quantitative estimate of drug-likeness (QED) is 0.774. The second kappa shape index (κ2) is 4.26. The molecule has 2 rings (SSSR count). The molecule has 0 aliphatic carbocycles. The van der Waals surface area contributed by atoms with Crippen LogP contribution in [0.25, 0.3) is 0 Å². The van der Waals surface area contributed by atoms with Gasteiger partial charge in [0, 0.05) is 19.2 Å². The molecule has 0 bridgehead atoms. The minimum atomic E-state index is -0.362. The fourth-order valence-corrected chi connectivity index (χ4v) is 1.45. The highest BCUT2D eigenvalue weighted by molar-refractivity contribution is 5.96. The standard InChI is InChI=1S/C10H12N4O2/c1-7-4-12-8(5-11-7)6-14-3-2-9(15)13-10(14)16/h4-5H,2-3,6H2,1H3,(H,13,15,16). The molecule has 0 spiro atoms. The summed E-state index contributed by atoms with van der Waals surface area (Å²) in [7, 11) is 0. The lowest BCUT2D eigenvalue weighted by atomic mass is 10.3. The Morgan fingerprint density at radius 2 is 2.19 bits per heavy atom. The van der Waals surface area contributed by atoms with Crippen LogP contribution in [0.1, 0.15) is 17.8 Å². The molecule has 1 N–H and O–H groups in total. The van der Waals surface area contributed by atoms with Crippen molar-refractivity contribution >= 4 is 11.9 Å². The van der Waals surface area contributed by atoms with Gasteiger partial charge in [-0.05, 0) is 6.92 Å². The van der Waals surface area contributed by atoms with E-state index < -0.39 is 0 Å². The van der Waals surface area contributed by atoms with E-state index in [0.29, 0.717) is 19.5 Å². The molecule has 1 saturated heterocycles. The third kappa shape index (κ3) is 2.33. The molecule has 1 fully saturated rings. The molecule has 0 unspecified atom stereocenters. The van der Waals surface area contributed by atoms with Gasteiger partial charge in [0.25, 0.3) is 0 Å². The van der Waals surface area contributed by atoms with Crippen LogP contribution in [-0.2, 0) is 11.3 Å². The van der Waals surface area contributed by atoms with Crippen LogP contribution in [0.3, 0.4) is 0 Å². The van der Waals surface area contributed by atoms with Gasteiger partial charge in [-0.3, -0.25) is 20.1 Å². The Kier molecular flexibility index (Phi) is 2.80. The number of rotatable bonds is 2. The highest BCUT2D eigenvalue weighted by atomic mass is 16.2. The number of carbonyl (C=O) groups excluding carboxylic acids is 2. The molecule has 2 heterocycles. The van der Waals surface area contributed by atoms with Gasteiger partial charge in [-0.1, -0.05) is 0 Å². The summed E-state index contributed by atoms with van der Waals surface area (Å²) in [4.78, 5) is 32.1. The number of carbonyl (C=O) groups is 2. The minimum absolute atomic E-state index is 0.226. The molecule has 0 saturated carbocycles. The van der Waals surface area contributed by atoms with Crippen molar-refractivity contribution in [2.45, 2.75) is 19.9 Å². The van der Waals surface area contributed by atoms with Crippen LogP contribution in [-0.4, -0.2) is 33.4 Å². The largest absolute Gasteiger partial charge is 0.324 e. The van der Waals surface area contributed by atoms with Crippen LogP contribution >= 0.6 is 0 Å². The molecular formula is C10H12N4O2. The van der Waals surface area contributed by atoms with Crippen LogP contribution in [0.2, 0.25) is 0 Å². The Bertz CT molecular complexity index is 415. The monoisotopic (exact) mass is 220 g/mol.